The summed E-state index contributed by atoms with van der Waals surface area (Å²) in [6.07, 6.45) is 15.0. The van der Waals surface area contributed by atoms with Crippen LogP contribution in [0.15, 0.2) is 6.07 Å². The molecule has 0 amide bonds. The third-order valence-corrected chi connectivity index (χ3v) is 14.7. The van der Waals surface area contributed by atoms with Crippen molar-refractivity contribution in [3.8, 4) is 34.8 Å². The number of carbonyl (C=O) groups excluding carboxylic acids is 3. The van der Waals surface area contributed by atoms with Gasteiger partial charge in [0.1, 0.15) is 18.4 Å². The van der Waals surface area contributed by atoms with E-state index in [1.165, 1.54) is 83.6 Å². The van der Waals surface area contributed by atoms with Gasteiger partial charge in [-0.05, 0) is 44.9 Å². The molecule has 7 atom stereocenters. The number of rotatable bonds is 17. The number of benzene rings is 2. The Hall–Kier alpha value is -4.19. The van der Waals surface area contributed by atoms with E-state index < -0.39 is 53.4 Å². The Morgan fingerprint density at radius 3 is 2.23 bits per heavy atom. The second kappa shape index (κ2) is 19.9. The van der Waals surface area contributed by atoms with Gasteiger partial charge in [0.2, 0.25) is 12.9 Å². The van der Waals surface area contributed by atoms with Crippen molar-refractivity contribution in [3.63, 3.8) is 0 Å². The third-order valence-electron chi connectivity index (χ3n) is 13.4. The molecular formula is C47H63N3O10S. The molecule has 2 fully saturated rings. The molecule has 6 aliphatic rings. The van der Waals surface area contributed by atoms with Gasteiger partial charge in [0.25, 0.3) is 0 Å². The molecular weight excluding hydrogens is 799 g/mol. The number of likely N-dealkylation sites (N-methyl/N-ethyl adjacent to an activating group) is 1. The molecule has 0 spiro atoms. The molecule has 2 aromatic carbocycles. The number of unbranched alkanes of at least 4 members (excludes halogenated alkanes) is 12. The first kappa shape index (κ1) is 44.9. The fourth-order valence-electron chi connectivity index (χ4n) is 10.5. The van der Waals surface area contributed by atoms with Gasteiger partial charge in [-0.25, -0.2) is 4.79 Å². The molecule has 2 saturated heterocycles. The zero-order chi connectivity index (χ0) is 43.4. The summed E-state index contributed by atoms with van der Waals surface area (Å²) in [6, 6.07) is 1.89. The van der Waals surface area contributed by atoms with Crippen LogP contribution in [0.2, 0.25) is 0 Å². The second-order valence-electron chi connectivity index (χ2n) is 17.4. The zero-order valence-electron chi connectivity index (χ0n) is 36.7. The highest BCUT2D eigenvalue weighted by atomic mass is 32.2. The van der Waals surface area contributed by atoms with Crippen molar-refractivity contribution in [2.45, 2.75) is 166 Å². The number of thioether (sulfide) groups is 1. The number of hydrogen-bond acceptors (Lipinski definition) is 14. The van der Waals surface area contributed by atoms with E-state index in [2.05, 4.69) is 22.8 Å². The minimum Gasteiger partial charge on any atom is -0.504 e. The Morgan fingerprint density at radius 1 is 0.934 bits per heavy atom. The number of phenolic OH excluding ortho intramolecular Hbond substituents is 1. The number of methoxy groups -OCH3 is 1. The lowest BCUT2D eigenvalue weighted by Gasteiger charge is -2.61. The van der Waals surface area contributed by atoms with Crippen molar-refractivity contribution < 1.29 is 47.9 Å². The van der Waals surface area contributed by atoms with Crippen molar-refractivity contribution in [2.24, 2.45) is 0 Å². The lowest BCUT2D eigenvalue weighted by atomic mass is 9.71. The number of carbonyl (C=O) groups is 3. The van der Waals surface area contributed by atoms with Crippen molar-refractivity contribution in [2.75, 3.05) is 33.3 Å². The highest BCUT2D eigenvalue weighted by Gasteiger charge is 2.61. The summed E-state index contributed by atoms with van der Waals surface area (Å²) in [5, 5.41) is 22.5. The summed E-state index contributed by atoms with van der Waals surface area (Å²) in [7, 11) is 3.51. The smallest absolute Gasteiger partial charge is 0.348 e. The predicted octanol–water partition coefficient (Wildman–Crippen LogP) is 8.62. The standard InChI is InChI=1S/C47H63N3O10S/c1-7-8-9-10-11-12-13-14-15-16-17-18-19-20-35(52)60-34-25-61-46-38-37(45-44(57-26-58-45)28(3)43(38)59-29(4)51)33(24-56-47(34)54)50-32(23-48)31-22-30-21-27(2)42(55-6)41(53)36(30)39(40(46)50)49(31)5/h21,31-34,39-40,46,53H,7-20,22,24-26H2,1-6H3/t31-,32+,33+,34+,39+,40?,46-/m1/s1. The highest BCUT2D eigenvalue weighted by molar-refractivity contribution is 7.99. The van der Waals surface area contributed by atoms with Gasteiger partial charge in [0.05, 0.1) is 30.5 Å². The SMILES string of the molecule is CCCCCCCCCCCCCCCC(=O)O[C@H]1CS[C@@H]2c3c(OC(C)=O)c(C)c4c(c3[C@H](COC1=O)N1C2[C@@H]2c3c(cc(C)c(OC)c3O)C[C@H]([C@@H]1C#N)N2C)OCO4. The molecule has 2 aromatic rings. The molecule has 6 aliphatic heterocycles. The molecule has 1 N–H and O–H groups in total. The average Bonchev–Trinajstić information content (AvgIpc) is 3.72. The first-order chi connectivity index (χ1) is 29.5. The third kappa shape index (κ3) is 8.89. The van der Waals surface area contributed by atoms with E-state index in [4.69, 9.17) is 28.4 Å². The van der Waals surface area contributed by atoms with Crippen LogP contribution < -0.4 is 18.9 Å². The summed E-state index contributed by atoms with van der Waals surface area (Å²) in [5.41, 5.74) is 4.28. The van der Waals surface area contributed by atoms with Crippen LogP contribution in [0.5, 0.6) is 28.7 Å². The molecule has 0 aliphatic carbocycles. The predicted molar refractivity (Wildman–Crippen MR) is 230 cm³/mol. The number of ether oxygens (including phenoxy) is 6. The normalized spacial score (nSPS) is 25.1. The zero-order valence-corrected chi connectivity index (χ0v) is 37.5. The largest absolute Gasteiger partial charge is 0.504 e. The van der Waals surface area contributed by atoms with E-state index in [9.17, 15) is 24.8 Å². The van der Waals surface area contributed by atoms with Crippen molar-refractivity contribution in [1.82, 2.24) is 9.80 Å². The van der Waals surface area contributed by atoms with E-state index in [1.54, 1.807) is 0 Å². The summed E-state index contributed by atoms with van der Waals surface area (Å²) < 4.78 is 36.0. The van der Waals surface area contributed by atoms with Gasteiger partial charge in [0.15, 0.2) is 23.0 Å². The lowest BCUT2D eigenvalue weighted by Crippen LogP contribution is -2.69. The van der Waals surface area contributed by atoms with Crippen LogP contribution in [-0.4, -0.2) is 90.4 Å². The van der Waals surface area contributed by atoms with E-state index in [0.29, 0.717) is 58.1 Å². The number of esters is 3. The topological polar surface area (TPSA) is 157 Å². The number of phenols is 1. The number of aryl methyl sites for hydroxylation is 1. The Morgan fingerprint density at radius 2 is 1.59 bits per heavy atom. The minimum absolute atomic E-state index is 0.0302. The molecule has 4 bridgehead atoms. The molecule has 1 unspecified atom stereocenters. The number of nitriles is 1. The van der Waals surface area contributed by atoms with Crippen molar-refractivity contribution >= 4 is 29.7 Å². The van der Waals surface area contributed by atoms with Gasteiger partial charge in [-0.3, -0.25) is 19.4 Å². The van der Waals surface area contributed by atoms with Crippen LogP contribution in [0, 0.1) is 25.2 Å². The van der Waals surface area contributed by atoms with Gasteiger partial charge >= 0.3 is 17.9 Å². The van der Waals surface area contributed by atoms with Crippen LogP contribution in [0.1, 0.15) is 154 Å². The maximum absolute atomic E-state index is 13.9. The molecule has 0 aromatic heterocycles. The summed E-state index contributed by atoms with van der Waals surface area (Å²) in [6.45, 7) is 7.03. The molecule has 14 heteroatoms. The molecule has 0 saturated carbocycles. The van der Waals surface area contributed by atoms with E-state index in [-0.39, 0.29) is 37.4 Å². The van der Waals surface area contributed by atoms with Crippen molar-refractivity contribution in [3.05, 3.63) is 39.4 Å². The van der Waals surface area contributed by atoms with Crippen LogP contribution >= 0.6 is 11.8 Å². The molecule has 8 rings (SSSR count). The Labute approximate surface area is 364 Å². The maximum atomic E-state index is 13.9. The first-order valence-corrected chi connectivity index (χ1v) is 23.5. The molecule has 0 radical (unpaired) electrons. The second-order valence-corrected chi connectivity index (χ2v) is 18.5. The number of aromatic hydroxyl groups is 1. The number of piperazine rings is 1. The number of hydrogen-bond donors (Lipinski definition) is 1. The first-order valence-electron chi connectivity index (χ1n) is 22.4. The van der Waals surface area contributed by atoms with E-state index in [0.717, 1.165) is 30.4 Å². The monoisotopic (exact) mass is 861 g/mol. The van der Waals surface area contributed by atoms with Crippen LogP contribution in [0.4, 0.5) is 0 Å². The Balaban J connectivity index is 1.16. The van der Waals surface area contributed by atoms with Crippen molar-refractivity contribution in [1.29, 1.82) is 5.26 Å². The summed E-state index contributed by atoms with van der Waals surface area (Å²) in [5.74, 6) is 0.00270. The van der Waals surface area contributed by atoms with Gasteiger partial charge < -0.3 is 33.5 Å². The van der Waals surface area contributed by atoms with Gasteiger partial charge in [-0.1, -0.05) is 90.0 Å². The van der Waals surface area contributed by atoms with E-state index >= 15 is 0 Å². The fourth-order valence-corrected chi connectivity index (χ4v) is 12.0. The number of nitrogens with zero attached hydrogens (tertiary/aromatic N) is 3. The number of fused-ring (bicyclic) bond motifs is 10. The summed E-state index contributed by atoms with van der Waals surface area (Å²) in [4.78, 5) is 44.4. The summed E-state index contributed by atoms with van der Waals surface area (Å²) >= 11 is 1.38. The van der Waals surface area contributed by atoms with E-state index in [1.807, 2.05) is 27.0 Å². The van der Waals surface area contributed by atoms with Gasteiger partial charge in [-0.15, -0.1) is 11.8 Å². The fraction of sp³-hybridized carbons (Fsp3) is 0.660. The average molecular weight is 862 g/mol. The Kier molecular flexibility index (Phi) is 14.6. The maximum Gasteiger partial charge on any atom is 0.348 e. The molecule has 13 nitrogen and oxygen atoms in total. The van der Waals surface area contributed by atoms with Crippen LogP contribution in [-0.2, 0) is 30.3 Å². The van der Waals surface area contributed by atoms with Crippen LogP contribution in [0.25, 0.3) is 0 Å². The van der Waals surface area contributed by atoms with Crippen LogP contribution in [0.3, 0.4) is 0 Å². The molecule has 6 heterocycles. The quantitative estimate of drug-likeness (QED) is 0.0916. The highest BCUT2D eigenvalue weighted by Crippen LogP contribution is 2.64. The molecule has 61 heavy (non-hydrogen) atoms. The lowest BCUT2D eigenvalue weighted by molar-refractivity contribution is -0.169. The van der Waals surface area contributed by atoms with Gasteiger partial charge in [-0.2, -0.15) is 5.26 Å². The molecule has 332 valence electrons. The Bertz CT molecular complexity index is 2000. The minimum atomic E-state index is -1.20. The van der Waals surface area contributed by atoms with Gasteiger partial charge in [0, 0.05) is 53.4 Å².